The molecule has 20 heavy (non-hydrogen) atoms. The van der Waals surface area contributed by atoms with Crippen molar-refractivity contribution < 1.29 is 9.59 Å². The monoisotopic (exact) mass is 316 g/mol. The predicted octanol–water partition coefficient (Wildman–Crippen LogP) is 2.74. The molecule has 2 amide bonds. The molecule has 0 fully saturated rings. The fourth-order valence-corrected chi connectivity index (χ4v) is 2.56. The van der Waals surface area contributed by atoms with Gasteiger partial charge in [-0.25, -0.2) is 0 Å². The highest BCUT2D eigenvalue weighted by Crippen LogP contribution is 2.30. The van der Waals surface area contributed by atoms with Gasteiger partial charge in [0, 0.05) is 42.4 Å². The van der Waals surface area contributed by atoms with E-state index in [1.165, 1.54) is 6.92 Å². The van der Waals surface area contributed by atoms with E-state index in [-0.39, 0.29) is 24.2 Å². The van der Waals surface area contributed by atoms with E-state index in [1.54, 1.807) is 18.2 Å². The van der Waals surface area contributed by atoms with Crippen LogP contribution in [0.15, 0.2) is 18.2 Å². The van der Waals surface area contributed by atoms with E-state index in [0.717, 1.165) is 5.56 Å². The third kappa shape index (κ3) is 5.39. The molecule has 110 valence electrons. The van der Waals surface area contributed by atoms with Crippen LogP contribution in [0.3, 0.4) is 0 Å². The molecule has 0 saturated heterocycles. The van der Waals surface area contributed by atoms with Crippen molar-refractivity contribution in [1.82, 2.24) is 10.6 Å². The lowest BCUT2D eigenvalue weighted by Crippen LogP contribution is -2.31. The van der Waals surface area contributed by atoms with Crippen LogP contribution in [0.5, 0.6) is 0 Å². The largest absolute Gasteiger partial charge is 0.356 e. The molecule has 1 atom stereocenters. The van der Waals surface area contributed by atoms with Crippen molar-refractivity contribution in [1.29, 1.82) is 0 Å². The van der Waals surface area contributed by atoms with Gasteiger partial charge in [0.05, 0.1) is 0 Å². The molecule has 2 N–H and O–H groups in total. The summed E-state index contributed by atoms with van der Waals surface area (Å²) < 4.78 is 0. The zero-order valence-electron chi connectivity index (χ0n) is 11.5. The summed E-state index contributed by atoms with van der Waals surface area (Å²) >= 11 is 12.2. The Bertz CT molecular complexity index is 472. The lowest BCUT2D eigenvalue weighted by Gasteiger charge is -2.16. The Hall–Kier alpha value is -1.26. The van der Waals surface area contributed by atoms with Crippen LogP contribution in [-0.4, -0.2) is 24.9 Å². The summed E-state index contributed by atoms with van der Waals surface area (Å²) in [5.41, 5.74) is 0.831. The van der Waals surface area contributed by atoms with Gasteiger partial charge in [0.25, 0.3) is 0 Å². The van der Waals surface area contributed by atoms with Crippen LogP contribution in [-0.2, 0) is 9.59 Å². The number of nitrogens with one attached hydrogen (secondary N) is 2. The maximum absolute atomic E-state index is 11.6. The molecule has 0 aromatic heterocycles. The lowest BCUT2D eigenvalue weighted by molar-refractivity contribution is -0.121. The zero-order chi connectivity index (χ0) is 15.1. The molecule has 1 aromatic carbocycles. The first kappa shape index (κ1) is 16.8. The van der Waals surface area contributed by atoms with Crippen molar-refractivity contribution in [2.45, 2.75) is 26.2 Å². The van der Waals surface area contributed by atoms with Crippen molar-refractivity contribution in [3.8, 4) is 0 Å². The second kappa shape index (κ2) is 8.12. The van der Waals surface area contributed by atoms with E-state index >= 15 is 0 Å². The Balaban J connectivity index is 2.45. The van der Waals surface area contributed by atoms with E-state index in [4.69, 9.17) is 23.2 Å². The van der Waals surface area contributed by atoms with Crippen LogP contribution in [0, 0.1) is 0 Å². The fourth-order valence-electron chi connectivity index (χ4n) is 1.79. The van der Waals surface area contributed by atoms with Gasteiger partial charge >= 0.3 is 0 Å². The average molecular weight is 317 g/mol. The molecular weight excluding hydrogens is 299 g/mol. The molecule has 6 heteroatoms. The maximum atomic E-state index is 11.6. The summed E-state index contributed by atoms with van der Waals surface area (Å²) in [6.07, 6.45) is 0.253. The molecule has 0 aliphatic heterocycles. The quantitative estimate of drug-likeness (QED) is 0.847. The van der Waals surface area contributed by atoms with Crippen molar-refractivity contribution in [2.24, 2.45) is 0 Å². The summed E-state index contributed by atoms with van der Waals surface area (Å²) in [5, 5.41) is 6.56. The molecule has 1 rings (SSSR count). The standard InChI is InChI=1S/C14H18Cl2N2O2/c1-9(14-11(15)4-3-5-12(14)16)8-18-13(20)6-7-17-10(2)19/h3-5,9H,6-8H2,1-2H3,(H,17,19)(H,18,20)/t9-/m1/s1. The molecule has 0 radical (unpaired) electrons. The summed E-state index contributed by atoms with van der Waals surface area (Å²) in [6, 6.07) is 5.34. The van der Waals surface area contributed by atoms with Crippen molar-refractivity contribution in [2.75, 3.05) is 13.1 Å². The lowest BCUT2D eigenvalue weighted by atomic mass is 10.0. The normalized spacial score (nSPS) is 11.8. The fraction of sp³-hybridized carbons (Fsp3) is 0.429. The number of halogens is 2. The smallest absolute Gasteiger partial charge is 0.221 e. The van der Waals surface area contributed by atoms with Crippen LogP contribution in [0.4, 0.5) is 0 Å². The van der Waals surface area contributed by atoms with Gasteiger partial charge in [-0.3, -0.25) is 9.59 Å². The van der Waals surface area contributed by atoms with E-state index in [2.05, 4.69) is 10.6 Å². The maximum Gasteiger partial charge on any atom is 0.221 e. The number of hydrogen-bond donors (Lipinski definition) is 2. The van der Waals surface area contributed by atoms with Gasteiger partial charge in [0.1, 0.15) is 0 Å². The minimum absolute atomic E-state index is 0.0147. The summed E-state index contributed by atoms with van der Waals surface area (Å²) in [5.74, 6) is -0.247. The van der Waals surface area contributed by atoms with Crippen LogP contribution < -0.4 is 10.6 Å². The Morgan fingerprint density at radius 1 is 1.20 bits per heavy atom. The summed E-state index contributed by atoms with van der Waals surface area (Å²) in [6.45, 7) is 4.14. The van der Waals surface area contributed by atoms with Gasteiger partial charge in [-0.2, -0.15) is 0 Å². The molecule has 1 aromatic rings. The molecule has 0 saturated carbocycles. The number of carbonyl (C=O) groups excluding carboxylic acids is 2. The molecule has 0 bridgehead atoms. The number of hydrogen-bond acceptors (Lipinski definition) is 2. The Morgan fingerprint density at radius 3 is 2.35 bits per heavy atom. The number of rotatable bonds is 6. The van der Waals surface area contributed by atoms with Crippen molar-refractivity contribution in [3.63, 3.8) is 0 Å². The van der Waals surface area contributed by atoms with Crippen LogP contribution in [0.2, 0.25) is 10.0 Å². The molecule has 0 spiro atoms. The van der Waals surface area contributed by atoms with Gasteiger partial charge in [-0.05, 0) is 17.7 Å². The minimum atomic E-state index is -0.144. The third-order valence-corrected chi connectivity index (χ3v) is 3.48. The Kier molecular flexibility index (Phi) is 6.82. The Morgan fingerprint density at radius 2 is 1.80 bits per heavy atom. The predicted molar refractivity (Wildman–Crippen MR) is 81.2 cm³/mol. The zero-order valence-corrected chi connectivity index (χ0v) is 13.0. The summed E-state index contributed by atoms with van der Waals surface area (Å²) in [4.78, 5) is 22.3. The van der Waals surface area contributed by atoms with Gasteiger partial charge in [0.15, 0.2) is 0 Å². The number of amides is 2. The number of benzene rings is 1. The van der Waals surface area contributed by atoms with Gasteiger partial charge in [-0.1, -0.05) is 36.2 Å². The van der Waals surface area contributed by atoms with Crippen molar-refractivity contribution >= 4 is 35.0 Å². The van der Waals surface area contributed by atoms with Gasteiger partial charge < -0.3 is 10.6 Å². The van der Waals surface area contributed by atoms with E-state index in [1.807, 2.05) is 6.92 Å². The van der Waals surface area contributed by atoms with Crippen LogP contribution in [0.25, 0.3) is 0 Å². The third-order valence-electron chi connectivity index (χ3n) is 2.82. The van der Waals surface area contributed by atoms with E-state index < -0.39 is 0 Å². The second-order valence-corrected chi connectivity index (χ2v) is 5.39. The van der Waals surface area contributed by atoms with Gasteiger partial charge in [0.2, 0.25) is 11.8 Å². The average Bonchev–Trinajstić information content (AvgIpc) is 2.35. The van der Waals surface area contributed by atoms with Crippen molar-refractivity contribution in [3.05, 3.63) is 33.8 Å². The molecule has 0 unspecified atom stereocenters. The molecular formula is C14H18Cl2N2O2. The molecule has 0 aliphatic rings. The first-order valence-electron chi connectivity index (χ1n) is 6.37. The molecule has 0 heterocycles. The SMILES string of the molecule is CC(=O)NCCC(=O)NC[C@@H](C)c1c(Cl)cccc1Cl. The van der Waals surface area contributed by atoms with Crippen LogP contribution >= 0.6 is 23.2 Å². The first-order chi connectivity index (χ1) is 9.41. The first-order valence-corrected chi connectivity index (χ1v) is 7.12. The number of carbonyl (C=O) groups is 2. The molecule has 0 aliphatic carbocycles. The highest BCUT2D eigenvalue weighted by molar-refractivity contribution is 6.36. The molecule has 4 nitrogen and oxygen atoms in total. The van der Waals surface area contributed by atoms with Crippen LogP contribution in [0.1, 0.15) is 31.7 Å². The summed E-state index contributed by atoms with van der Waals surface area (Å²) in [7, 11) is 0. The van der Waals surface area contributed by atoms with E-state index in [0.29, 0.717) is 23.1 Å². The second-order valence-electron chi connectivity index (χ2n) is 4.57. The van der Waals surface area contributed by atoms with Gasteiger partial charge in [-0.15, -0.1) is 0 Å². The van der Waals surface area contributed by atoms with E-state index in [9.17, 15) is 9.59 Å². The highest BCUT2D eigenvalue weighted by Gasteiger charge is 2.14. The minimum Gasteiger partial charge on any atom is -0.356 e. The highest BCUT2D eigenvalue weighted by atomic mass is 35.5. The topological polar surface area (TPSA) is 58.2 Å². The Labute approximate surface area is 128 Å².